The smallest absolute Gasteiger partial charge is 0.314 e. The molecular formula is C15H13NO5. The average molecular weight is 287 g/mol. The second-order valence-corrected chi connectivity index (χ2v) is 4.59. The van der Waals surface area contributed by atoms with Crippen LogP contribution in [0.15, 0.2) is 36.4 Å². The third kappa shape index (κ3) is 2.47. The van der Waals surface area contributed by atoms with Gasteiger partial charge >= 0.3 is 5.69 Å². The van der Waals surface area contributed by atoms with E-state index in [0.717, 1.165) is 5.56 Å². The Balaban J connectivity index is 1.96. The van der Waals surface area contributed by atoms with Crippen LogP contribution in [0.5, 0.6) is 17.2 Å². The largest absolute Gasteiger partial charge is 0.490 e. The van der Waals surface area contributed by atoms with E-state index in [4.69, 9.17) is 14.2 Å². The summed E-state index contributed by atoms with van der Waals surface area (Å²) in [4.78, 5) is 10.8. The molecule has 0 aromatic heterocycles. The molecule has 0 N–H and O–H groups in total. The van der Waals surface area contributed by atoms with Gasteiger partial charge in [0.15, 0.2) is 17.2 Å². The first-order valence-electron chi connectivity index (χ1n) is 6.38. The number of hydrogen-bond donors (Lipinski definition) is 0. The summed E-state index contributed by atoms with van der Waals surface area (Å²) < 4.78 is 15.6. The molecule has 0 radical (unpaired) electrons. The second-order valence-electron chi connectivity index (χ2n) is 4.59. The quantitative estimate of drug-likeness (QED) is 0.638. The Morgan fingerprint density at radius 3 is 2.81 bits per heavy atom. The molecule has 0 spiro atoms. The number of methoxy groups -OCH3 is 1. The van der Waals surface area contributed by atoms with Crippen molar-refractivity contribution >= 4 is 5.69 Å². The van der Waals surface area contributed by atoms with Crippen molar-refractivity contribution in [3.05, 3.63) is 57.6 Å². The summed E-state index contributed by atoms with van der Waals surface area (Å²) >= 11 is 0. The van der Waals surface area contributed by atoms with E-state index in [1.165, 1.54) is 7.11 Å². The lowest BCUT2D eigenvalue weighted by molar-refractivity contribution is -0.386. The highest BCUT2D eigenvalue weighted by molar-refractivity contribution is 5.55. The summed E-state index contributed by atoms with van der Waals surface area (Å²) in [5, 5.41) is 11.3. The number of ether oxygens (including phenoxy) is 3. The van der Waals surface area contributed by atoms with E-state index in [9.17, 15) is 10.1 Å². The van der Waals surface area contributed by atoms with E-state index in [1.54, 1.807) is 18.2 Å². The van der Waals surface area contributed by atoms with Gasteiger partial charge in [-0.25, -0.2) is 0 Å². The topological polar surface area (TPSA) is 70.8 Å². The third-order valence-corrected chi connectivity index (χ3v) is 3.32. The lowest BCUT2D eigenvalue weighted by Crippen LogP contribution is -2.00. The molecule has 2 aromatic carbocycles. The van der Waals surface area contributed by atoms with Crippen LogP contribution in [-0.4, -0.2) is 18.8 Å². The molecule has 0 unspecified atom stereocenters. The molecule has 0 bridgehead atoms. The normalized spacial score (nSPS) is 12.2. The minimum atomic E-state index is -0.416. The predicted octanol–water partition coefficient (Wildman–Crippen LogP) is 2.92. The van der Waals surface area contributed by atoms with Gasteiger partial charge in [-0.3, -0.25) is 10.1 Å². The number of hydrogen-bond acceptors (Lipinski definition) is 5. The molecule has 21 heavy (non-hydrogen) atoms. The number of para-hydroxylation sites is 1. The van der Waals surface area contributed by atoms with Gasteiger partial charge in [0.1, 0.15) is 0 Å². The first kappa shape index (κ1) is 13.2. The van der Waals surface area contributed by atoms with E-state index in [1.807, 2.05) is 18.2 Å². The maximum atomic E-state index is 11.3. The summed E-state index contributed by atoms with van der Waals surface area (Å²) in [6.45, 7) is 0.206. The molecule has 1 aliphatic heterocycles. The molecule has 0 saturated carbocycles. The monoisotopic (exact) mass is 287 g/mol. The molecule has 3 rings (SSSR count). The Morgan fingerprint density at radius 2 is 2.05 bits per heavy atom. The molecule has 6 heteroatoms. The SMILES string of the molecule is COc1cccc(Cc2ccc3c(c2)OCO3)c1[N+](=O)[O-]. The molecule has 108 valence electrons. The zero-order chi connectivity index (χ0) is 14.8. The highest BCUT2D eigenvalue weighted by Crippen LogP contribution is 2.35. The zero-order valence-electron chi connectivity index (χ0n) is 11.4. The van der Waals surface area contributed by atoms with Gasteiger partial charge in [0.2, 0.25) is 6.79 Å². The molecule has 0 amide bonds. The van der Waals surface area contributed by atoms with Gasteiger partial charge in [-0.05, 0) is 23.8 Å². The summed E-state index contributed by atoms with van der Waals surface area (Å²) in [7, 11) is 1.42. The van der Waals surface area contributed by atoms with Crippen LogP contribution in [0.25, 0.3) is 0 Å². The van der Waals surface area contributed by atoms with Crippen molar-refractivity contribution in [1.82, 2.24) is 0 Å². The fourth-order valence-electron chi connectivity index (χ4n) is 2.35. The number of rotatable bonds is 4. The summed E-state index contributed by atoms with van der Waals surface area (Å²) in [6, 6.07) is 10.6. The molecule has 6 nitrogen and oxygen atoms in total. The summed E-state index contributed by atoms with van der Waals surface area (Å²) in [5.74, 6) is 1.62. The van der Waals surface area contributed by atoms with Crippen molar-refractivity contribution in [1.29, 1.82) is 0 Å². The van der Waals surface area contributed by atoms with E-state index in [-0.39, 0.29) is 18.2 Å². The third-order valence-electron chi connectivity index (χ3n) is 3.32. The fraction of sp³-hybridized carbons (Fsp3) is 0.200. The van der Waals surface area contributed by atoms with Gasteiger partial charge < -0.3 is 14.2 Å². The Bertz CT molecular complexity index is 698. The maximum Gasteiger partial charge on any atom is 0.314 e. The maximum absolute atomic E-state index is 11.3. The van der Waals surface area contributed by atoms with Crippen molar-refractivity contribution in [2.75, 3.05) is 13.9 Å². The lowest BCUT2D eigenvalue weighted by Gasteiger charge is -2.07. The molecular weight excluding hydrogens is 274 g/mol. The molecule has 0 saturated heterocycles. The standard InChI is InChI=1S/C15H13NO5/c1-19-13-4-2-3-11(15(13)16(17)18)7-10-5-6-12-14(8-10)21-9-20-12/h2-6,8H,7,9H2,1H3. The first-order chi connectivity index (χ1) is 10.2. The highest BCUT2D eigenvalue weighted by Gasteiger charge is 2.21. The van der Waals surface area contributed by atoms with Crippen molar-refractivity contribution in [3.8, 4) is 17.2 Å². The van der Waals surface area contributed by atoms with Gasteiger partial charge in [-0.1, -0.05) is 18.2 Å². The van der Waals surface area contributed by atoms with Gasteiger partial charge in [0.25, 0.3) is 0 Å². The van der Waals surface area contributed by atoms with Crippen LogP contribution in [0.1, 0.15) is 11.1 Å². The van der Waals surface area contributed by atoms with Crippen molar-refractivity contribution < 1.29 is 19.1 Å². The Kier molecular flexibility index (Phi) is 3.35. The van der Waals surface area contributed by atoms with Crippen LogP contribution in [0.3, 0.4) is 0 Å². The average Bonchev–Trinajstić information content (AvgIpc) is 2.94. The number of fused-ring (bicyclic) bond motifs is 1. The van der Waals surface area contributed by atoms with Crippen molar-refractivity contribution in [3.63, 3.8) is 0 Å². The minimum Gasteiger partial charge on any atom is -0.490 e. The van der Waals surface area contributed by atoms with Crippen LogP contribution < -0.4 is 14.2 Å². The first-order valence-corrected chi connectivity index (χ1v) is 6.38. The zero-order valence-corrected chi connectivity index (χ0v) is 11.4. The van der Waals surface area contributed by atoms with Crippen LogP contribution in [0.2, 0.25) is 0 Å². The van der Waals surface area contributed by atoms with E-state index in [0.29, 0.717) is 23.5 Å². The van der Waals surface area contributed by atoms with Gasteiger partial charge in [-0.2, -0.15) is 0 Å². The lowest BCUT2D eigenvalue weighted by atomic mass is 10.0. The number of benzene rings is 2. The van der Waals surface area contributed by atoms with Gasteiger partial charge in [-0.15, -0.1) is 0 Å². The van der Waals surface area contributed by atoms with E-state index in [2.05, 4.69) is 0 Å². The Morgan fingerprint density at radius 1 is 1.24 bits per heavy atom. The van der Waals surface area contributed by atoms with E-state index >= 15 is 0 Å². The van der Waals surface area contributed by atoms with Gasteiger partial charge in [0, 0.05) is 12.0 Å². The van der Waals surface area contributed by atoms with Crippen LogP contribution in [0, 0.1) is 10.1 Å². The van der Waals surface area contributed by atoms with Gasteiger partial charge in [0.05, 0.1) is 12.0 Å². The van der Waals surface area contributed by atoms with Crippen molar-refractivity contribution in [2.24, 2.45) is 0 Å². The Hall–Kier alpha value is -2.76. The van der Waals surface area contributed by atoms with Crippen LogP contribution >= 0.6 is 0 Å². The molecule has 0 atom stereocenters. The number of nitro groups is 1. The number of nitrogens with zero attached hydrogens (tertiary/aromatic N) is 1. The predicted molar refractivity (Wildman–Crippen MR) is 75.0 cm³/mol. The van der Waals surface area contributed by atoms with E-state index < -0.39 is 4.92 Å². The van der Waals surface area contributed by atoms with Crippen LogP contribution in [0.4, 0.5) is 5.69 Å². The molecule has 0 aliphatic carbocycles. The minimum absolute atomic E-state index is 0.00216. The summed E-state index contributed by atoms with van der Waals surface area (Å²) in [6.07, 6.45) is 0.421. The molecule has 1 aliphatic rings. The second kappa shape index (κ2) is 5.32. The molecule has 2 aromatic rings. The van der Waals surface area contributed by atoms with Crippen molar-refractivity contribution in [2.45, 2.75) is 6.42 Å². The molecule has 0 fully saturated rings. The number of nitro benzene ring substituents is 1. The van der Waals surface area contributed by atoms with Crippen LogP contribution in [-0.2, 0) is 6.42 Å². The highest BCUT2D eigenvalue weighted by atomic mass is 16.7. The Labute approximate surface area is 121 Å². The summed E-state index contributed by atoms with van der Waals surface area (Å²) in [5.41, 5.74) is 1.51. The fourth-order valence-corrected chi connectivity index (χ4v) is 2.35. The molecule has 1 heterocycles.